The molecule has 0 bridgehead atoms. The maximum Gasteiger partial charge on any atom is 0.415 e. The highest BCUT2D eigenvalue weighted by atomic mass is 35.5. The van der Waals surface area contributed by atoms with Crippen LogP contribution < -0.4 is 9.47 Å². The number of amides is 1. The standard InChI is InChI=1S/C15H18ClNO3/c1-2-3-10-19-14-11-12(6-7-13(14)16)20-15(18)17-8-4-5-9-17/h2-3,6-7,11H,4-5,8-10H2,1H3/b3-2+. The van der Waals surface area contributed by atoms with Crippen molar-refractivity contribution in [3.63, 3.8) is 0 Å². The number of benzene rings is 1. The smallest absolute Gasteiger partial charge is 0.415 e. The summed E-state index contributed by atoms with van der Waals surface area (Å²) >= 11 is 6.04. The number of rotatable bonds is 4. The zero-order valence-corrected chi connectivity index (χ0v) is 12.2. The van der Waals surface area contributed by atoms with Crippen LogP contribution in [-0.2, 0) is 0 Å². The van der Waals surface area contributed by atoms with Crippen molar-refractivity contribution in [2.75, 3.05) is 19.7 Å². The zero-order chi connectivity index (χ0) is 14.4. The van der Waals surface area contributed by atoms with Crippen LogP contribution in [0.2, 0.25) is 5.02 Å². The maximum atomic E-state index is 11.9. The number of halogens is 1. The third kappa shape index (κ3) is 3.90. The SMILES string of the molecule is C/C=C/COc1cc(OC(=O)N2CCCC2)ccc1Cl. The van der Waals surface area contributed by atoms with Crippen LogP contribution in [0.5, 0.6) is 11.5 Å². The minimum atomic E-state index is -0.316. The number of nitrogens with zero attached hydrogens (tertiary/aromatic N) is 1. The largest absolute Gasteiger partial charge is 0.488 e. The number of carbonyl (C=O) groups excluding carboxylic acids is 1. The van der Waals surface area contributed by atoms with Crippen molar-refractivity contribution < 1.29 is 14.3 Å². The van der Waals surface area contributed by atoms with Gasteiger partial charge in [0, 0.05) is 19.2 Å². The highest BCUT2D eigenvalue weighted by Gasteiger charge is 2.20. The van der Waals surface area contributed by atoms with E-state index >= 15 is 0 Å². The fraction of sp³-hybridized carbons (Fsp3) is 0.400. The number of allylic oxidation sites excluding steroid dienone is 1. The molecule has 1 aromatic carbocycles. The Morgan fingerprint density at radius 1 is 1.40 bits per heavy atom. The predicted octanol–water partition coefficient (Wildman–Crippen LogP) is 3.89. The molecule has 2 rings (SSSR count). The third-order valence-electron chi connectivity index (χ3n) is 3.04. The average molecular weight is 296 g/mol. The molecule has 4 nitrogen and oxygen atoms in total. The molecule has 108 valence electrons. The Morgan fingerprint density at radius 2 is 2.15 bits per heavy atom. The normalized spacial score (nSPS) is 14.8. The van der Waals surface area contributed by atoms with Gasteiger partial charge in [0.15, 0.2) is 0 Å². The molecule has 1 fully saturated rings. The van der Waals surface area contributed by atoms with Gasteiger partial charge in [-0.2, -0.15) is 0 Å². The molecule has 1 heterocycles. The van der Waals surface area contributed by atoms with Crippen molar-refractivity contribution in [3.05, 3.63) is 35.4 Å². The van der Waals surface area contributed by atoms with Crippen molar-refractivity contribution in [2.24, 2.45) is 0 Å². The quantitative estimate of drug-likeness (QED) is 0.791. The fourth-order valence-electron chi connectivity index (χ4n) is 1.96. The van der Waals surface area contributed by atoms with Gasteiger partial charge >= 0.3 is 6.09 Å². The van der Waals surface area contributed by atoms with Crippen LogP contribution in [0.3, 0.4) is 0 Å². The number of likely N-dealkylation sites (tertiary alicyclic amines) is 1. The van der Waals surface area contributed by atoms with Crippen LogP contribution in [0.25, 0.3) is 0 Å². The summed E-state index contributed by atoms with van der Waals surface area (Å²) in [6.45, 7) is 3.87. The molecule has 1 aliphatic heterocycles. The lowest BCUT2D eigenvalue weighted by atomic mass is 10.3. The summed E-state index contributed by atoms with van der Waals surface area (Å²) in [5.74, 6) is 0.957. The molecule has 0 aliphatic carbocycles. The van der Waals surface area contributed by atoms with Gasteiger partial charge in [-0.25, -0.2) is 4.79 Å². The molecule has 1 aliphatic rings. The van der Waals surface area contributed by atoms with E-state index in [0.717, 1.165) is 25.9 Å². The van der Waals surface area contributed by atoms with Gasteiger partial charge in [-0.05, 0) is 31.9 Å². The molecule has 1 amide bonds. The molecule has 0 unspecified atom stereocenters. The Bertz CT molecular complexity index is 496. The first-order valence-electron chi connectivity index (χ1n) is 6.71. The summed E-state index contributed by atoms with van der Waals surface area (Å²) in [7, 11) is 0. The van der Waals surface area contributed by atoms with Gasteiger partial charge in [0.05, 0.1) is 5.02 Å². The summed E-state index contributed by atoms with van der Waals surface area (Å²) in [5.41, 5.74) is 0. The van der Waals surface area contributed by atoms with E-state index in [1.54, 1.807) is 23.1 Å². The molecule has 20 heavy (non-hydrogen) atoms. The van der Waals surface area contributed by atoms with Gasteiger partial charge in [-0.15, -0.1) is 0 Å². The van der Waals surface area contributed by atoms with Crippen molar-refractivity contribution >= 4 is 17.7 Å². The van der Waals surface area contributed by atoms with Gasteiger partial charge in [-0.3, -0.25) is 0 Å². The molecule has 1 saturated heterocycles. The molecular formula is C15H18ClNO3. The van der Waals surface area contributed by atoms with Crippen LogP contribution in [0.15, 0.2) is 30.4 Å². The van der Waals surface area contributed by atoms with Gasteiger partial charge in [0.25, 0.3) is 0 Å². The minimum absolute atomic E-state index is 0.316. The first-order valence-corrected chi connectivity index (χ1v) is 7.09. The van der Waals surface area contributed by atoms with E-state index in [9.17, 15) is 4.79 Å². The zero-order valence-electron chi connectivity index (χ0n) is 11.5. The van der Waals surface area contributed by atoms with E-state index in [2.05, 4.69) is 0 Å². The number of hydrogen-bond donors (Lipinski definition) is 0. The highest BCUT2D eigenvalue weighted by Crippen LogP contribution is 2.29. The Labute approximate surface area is 123 Å². The lowest BCUT2D eigenvalue weighted by Crippen LogP contribution is -2.30. The maximum absolute atomic E-state index is 11.9. The number of carbonyl (C=O) groups is 1. The van der Waals surface area contributed by atoms with Crippen LogP contribution in [0.4, 0.5) is 4.79 Å². The molecule has 0 aromatic heterocycles. The fourth-order valence-corrected chi connectivity index (χ4v) is 2.13. The van der Waals surface area contributed by atoms with Gasteiger partial charge < -0.3 is 14.4 Å². The molecule has 0 spiro atoms. The molecule has 5 heteroatoms. The van der Waals surface area contributed by atoms with E-state index in [1.165, 1.54) is 0 Å². The summed E-state index contributed by atoms with van der Waals surface area (Å²) in [5, 5.41) is 0.496. The topological polar surface area (TPSA) is 38.8 Å². The van der Waals surface area contributed by atoms with Crippen molar-refractivity contribution in [1.29, 1.82) is 0 Å². The summed E-state index contributed by atoms with van der Waals surface area (Å²) in [6, 6.07) is 4.97. The van der Waals surface area contributed by atoms with Crippen LogP contribution >= 0.6 is 11.6 Å². The minimum Gasteiger partial charge on any atom is -0.488 e. The Morgan fingerprint density at radius 3 is 2.85 bits per heavy atom. The Kier molecular flexibility index (Phi) is 5.30. The molecular weight excluding hydrogens is 278 g/mol. The van der Waals surface area contributed by atoms with Crippen LogP contribution in [0, 0.1) is 0 Å². The average Bonchev–Trinajstić information content (AvgIpc) is 2.96. The van der Waals surface area contributed by atoms with E-state index in [4.69, 9.17) is 21.1 Å². The molecule has 0 radical (unpaired) electrons. The molecule has 1 aromatic rings. The second kappa shape index (κ2) is 7.20. The van der Waals surface area contributed by atoms with Crippen molar-refractivity contribution in [3.8, 4) is 11.5 Å². The third-order valence-corrected chi connectivity index (χ3v) is 3.36. The monoisotopic (exact) mass is 295 g/mol. The van der Waals surface area contributed by atoms with Crippen LogP contribution in [-0.4, -0.2) is 30.7 Å². The first kappa shape index (κ1) is 14.7. The van der Waals surface area contributed by atoms with E-state index in [-0.39, 0.29) is 6.09 Å². The molecule has 0 saturated carbocycles. The molecule has 0 atom stereocenters. The Balaban J connectivity index is 2.00. The summed E-state index contributed by atoms with van der Waals surface area (Å²) in [6.07, 6.45) is 5.52. The van der Waals surface area contributed by atoms with Gasteiger partial charge in [0.2, 0.25) is 0 Å². The summed E-state index contributed by atoms with van der Waals surface area (Å²) in [4.78, 5) is 13.6. The lowest BCUT2D eigenvalue weighted by Gasteiger charge is -2.15. The highest BCUT2D eigenvalue weighted by molar-refractivity contribution is 6.32. The second-order valence-corrected chi connectivity index (χ2v) is 4.94. The van der Waals surface area contributed by atoms with E-state index < -0.39 is 0 Å². The first-order chi connectivity index (χ1) is 9.70. The van der Waals surface area contributed by atoms with Gasteiger partial charge in [0.1, 0.15) is 18.1 Å². The predicted molar refractivity (Wildman–Crippen MR) is 78.6 cm³/mol. The number of ether oxygens (including phenoxy) is 2. The van der Waals surface area contributed by atoms with E-state index in [0.29, 0.717) is 23.1 Å². The van der Waals surface area contributed by atoms with Crippen molar-refractivity contribution in [1.82, 2.24) is 4.90 Å². The lowest BCUT2D eigenvalue weighted by molar-refractivity contribution is 0.162. The van der Waals surface area contributed by atoms with E-state index in [1.807, 2.05) is 19.1 Å². The van der Waals surface area contributed by atoms with Crippen LogP contribution in [0.1, 0.15) is 19.8 Å². The molecule has 0 N–H and O–H groups in total. The summed E-state index contributed by atoms with van der Waals surface area (Å²) < 4.78 is 10.8. The second-order valence-electron chi connectivity index (χ2n) is 4.53. The Hall–Kier alpha value is -1.68. The van der Waals surface area contributed by atoms with Crippen molar-refractivity contribution in [2.45, 2.75) is 19.8 Å². The number of hydrogen-bond acceptors (Lipinski definition) is 3. The van der Waals surface area contributed by atoms with Gasteiger partial charge in [-0.1, -0.05) is 23.8 Å².